The first-order valence-electron chi connectivity index (χ1n) is 8.77. The van der Waals surface area contributed by atoms with Crippen molar-refractivity contribution in [2.24, 2.45) is 5.41 Å². The number of alkyl halides is 1. The van der Waals surface area contributed by atoms with E-state index in [4.69, 9.17) is 0 Å². The molecule has 2 rings (SSSR count). The Balaban J connectivity index is 2.20. The Kier molecular flexibility index (Phi) is 5.00. The number of hydrogen-bond donors (Lipinski definition) is 0. The van der Waals surface area contributed by atoms with Gasteiger partial charge in [-0.25, -0.2) is 4.39 Å². The Labute approximate surface area is 130 Å². The van der Waals surface area contributed by atoms with E-state index in [0.29, 0.717) is 19.3 Å². The zero-order valence-corrected chi connectivity index (χ0v) is 14.7. The standard InChI is InChI=1S/C20H33F/c1-15-9-7-6-8-10-17(15)18-11-12-20(21,13-16(18)2)14-19(3,4)5/h6-14H2,1-5H3. The van der Waals surface area contributed by atoms with Gasteiger partial charge in [-0.3, -0.25) is 0 Å². The highest BCUT2D eigenvalue weighted by Crippen LogP contribution is 2.45. The van der Waals surface area contributed by atoms with Gasteiger partial charge in [-0.05, 0) is 75.4 Å². The Hall–Kier alpha value is -0.590. The van der Waals surface area contributed by atoms with E-state index in [2.05, 4.69) is 34.6 Å². The maximum absolute atomic E-state index is 15.2. The second-order valence-electron chi connectivity index (χ2n) is 8.64. The van der Waals surface area contributed by atoms with Gasteiger partial charge in [-0.2, -0.15) is 0 Å². The fourth-order valence-electron chi connectivity index (χ4n) is 4.38. The van der Waals surface area contributed by atoms with Gasteiger partial charge >= 0.3 is 0 Å². The molecule has 0 aliphatic heterocycles. The smallest absolute Gasteiger partial charge is 0.115 e. The molecule has 0 saturated carbocycles. The van der Waals surface area contributed by atoms with Crippen molar-refractivity contribution in [1.29, 1.82) is 0 Å². The predicted octanol–water partition coefficient (Wildman–Crippen LogP) is 6.91. The van der Waals surface area contributed by atoms with Gasteiger partial charge < -0.3 is 0 Å². The number of halogens is 1. The van der Waals surface area contributed by atoms with Gasteiger partial charge in [0.2, 0.25) is 0 Å². The Morgan fingerprint density at radius 2 is 1.52 bits per heavy atom. The summed E-state index contributed by atoms with van der Waals surface area (Å²) in [6.45, 7) is 10.9. The molecule has 0 fully saturated rings. The second-order valence-corrected chi connectivity index (χ2v) is 8.64. The molecule has 21 heavy (non-hydrogen) atoms. The second kappa shape index (κ2) is 6.26. The molecule has 2 aliphatic carbocycles. The lowest BCUT2D eigenvalue weighted by Gasteiger charge is -2.37. The number of hydrogen-bond acceptors (Lipinski definition) is 0. The third-order valence-corrected chi connectivity index (χ3v) is 5.13. The first-order valence-corrected chi connectivity index (χ1v) is 8.77. The zero-order chi connectivity index (χ0) is 15.7. The van der Waals surface area contributed by atoms with Gasteiger partial charge in [0.1, 0.15) is 5.67 Å². The van der Waals surface area contributed by atoms with Crippen LogP contribution in [0.4, 0.5) is 4.39 Å². The van der Waals surface area contributed by atoms with Gasteiger partial charge in [-0.15, -0.1) is 0 Å². The third kappa shape index (κ3) is 4.44. The minimum absolute atomic E-state index is 0.0734. The van der Waals surface area contributed by atoms with Gasteiger partial charge in [0.15, 0.2) is 0 Å². The summed E-state index contributed by atoms with van der Waals surface area (Å²) in [5.74, 6) is 0. The molecule has 1 atom stereocenters. The maximum atomic E-state index is 15.2. The lowest BCUT2D eigenvalue weighted by Crippen LogP contribution is -2.32. The molecular weight excluding hydrogens is 259 g/mol. The van der Waals surface area contributed by atoms with Crippen LogP contribution in [-0.4, -0.2) is 5.67 Å². The molecule has 0 amide bonds. The molecule has 0 radical (unpaired) electrons. The summed E-state index contributed by atoms with van der Waals surface area (Å²) in [5.41, 5.74) is 5.09. The first kappa shape index (κ1) is 16.8. The molecule has 0 aromatic rings. The first-order chi connectivity index (χ1) is 9.70. The van der Waals surface area contributed by atoms with Crippen molar-refractivity contribution in [3.63, 3.8) is 0 Å². The molecule has 0 aromatic heterocycles. The molecule has 0 saturated heterocycles. The van der Waals surface area contributed by atoms with Crippen molar-refractivity contribution in [3.05, 3.63) is 22.3 Å². The van der Waals surface area contributed by atoms with Crippen LogP contribution in [0, 0.1) is 5.41 Å². The minimum Gasteiger partial charge on any atom is -0.244 e. The minimum atomic E-state index is -0.981. The van der Waals surface area contributed by atoms with E-state index in [-0.39, 0.29) is 5.41 Å². The van der Waals surface area contributed by atoms with E-state index in [1.807, 2.05) is 0 Å². The zero-order valence-electron chi connectivity index (χ0n) is 14.7. The Morgan fingerprint density at radius 3 is 2.14 bits per heavy atom. The van der Waals surface area contributed by atoms with E-state index in [1.54, 1.807) is 11.1 Å². The molecule has 0 heterocycles. The average Bonchev–Trinajstić information content (AvgIpc) is 2.51. The normalized spacial score (nSPS) is 28.9. The van der Waals surface area contributed by atoms with Crippen molar-refractivity contribution < 1.29 is 4.39 Å². The lowest BCUT2D eigenvalue weighted by atomic mass is 9.72. The summed E-state index contributed by atoms with van der Waals surface area (Å²) >= 11 is 0. The van der Waals surface area contributed by atoms with Gasteiger partial charge in [0.25, 0.3) is 0 Å². The SMILES string of the molecule is CC1=C(C2=C(C)CC(F)(CC(C)(C)C)CC2)CCCCC1. The summed E-state index contributed by atoms with van der Waals surface area (Å²) in [4.78, 5) is 0. The van der Waals surface area contributed by atoms with E-state index in [1.165, 1.54) is 43.3 Å². The highest BCUT2D eigenvalue weighted by atomic mass is 19.1. The molecule has 120 valence electrons. The highest BCUT2D eigenvalue weighted by Gasteiger charge is 2.38. The summed E-state index contributed by atoms with van der Waals surface area (Å²) < 4.78 is 15.2. The quantitative estimate of drug-likeness (QED) is 0.518. The molecule has 0 N–H and O–H groups in total. The van der Waals surface area contributed by atoms with Gasteiger partial charge in [-0.1, -0.05) is 38.3 Å². The van der Waals surface area contributed by atoms with Crippen LogP contribution >= 0.6 is 0 Å². The topological polar surface area (TPSA) is 0 Å². The van der Waals surface area contributed by atoms with E-state index in [0.717, 1.165) is 6.42 Å². The molecule has 2 aliphatic rings. The maximum Gasteiger partial charge on any atom is 0.115 e. The summed E-state index contributed by atoms with van der Waals surface area (Å²) in [6, 6.07) is 0. The van der Waals surface area contributed by atoms with Crippen LogP contribution in [0.5, 0.6) is 0 Å². The number of allylic oxidation sites excluding steroid dienone is 4. The van der Waals surface area contributed by atoms with Gasteiger partial charge in [0, 0.05) is 6.42 Å². The summed E-state index contributed by atoms with van der Waals surface area (Å²) in [6.07, 6.45) is 9.46. The molecule has 0 bridgehead atoms. The van der Waals surface area contributed by atoms with E-state index < -0.39 is 5.67 Å². The average molecular weight is 292 g/mol. The van der Waals surface area contributed by atoms with Crippen LogP contribution in [0.1, 0.15) is 92.4 Å². The molecule has 0 aromatic carbocycles. The van der Waals surface area contributed by atoms with Crippen molar-refractivity contribution in [2.75, 3.05) is 0 Å². The predicted molar refractivity (Wildman–Crippen MR) is 90.2 cm³/mol. The van der Waals surface area contributed by atoms with E-state index in [9.17, 15) is 0 Å². The van der Waals surface area contributed by atoms with Crippen LogP contribution in [-0.2, 0) is 0 Å². The monoisotopic (exact) mass is 292 g/mol. The van der Waals surface area contributed by atoms with Crippen LogP contribution in [0.15, 0.2) is 22.3 Å². The molecule has 1 heteroatoms. The van der Waals surface area contributed by atoms with Crippen LogP contribution < -0.4 is 0 Å². The largest absolute Gasteiger partial charge is 0.244 e. The van der Waals surface area contributed by atoms with Crippen LogP contribution in [0.3, 0.4) is 0 Å². The highest BCUT2D eigenvalue weighted by molar-refractivity contribution is 5.40. The van der Waals surface area contributed by atoms with Crippen LogP contribution in [0.25, 0.3) is 0 Å². The van der Waals surface area contributed by atoms with Crippen molar-refractivity contribution in [3.8, 4) is 0 Å². The molecular formula is C20H33F. The Morgan fingerprint density at radius 1 is 0.905 bits per heavy atom. The summed E-state index contributed by atoms with van der Waals surface area (Å²) in [5, 5.41) is 0. The van der Waals surface area contributed by atoms with Gasteiger partial charge in [0.05, 0.1) is 0 Å². The van der Waals surface area contributed by atoms with Crippen molar-refractivity contribution in [2.45, 2.75) is 98.1 Å². The fraction of sp³-hybridized carbons (Fsp3) is 0.800. The molecule has 0 spiro atoms. The molecule has 0 nitrogen and oxygen atoms in total. The molecule has 1 unspecified atom stereocenters. The third-order valence-electron chi connectivity index (χ3n) is 5.13. The van der Waals surface area contributed by atoms with E-state index >= 15 is 4.39 Å². The van der Waals surface area contributed by atoms with Crippen molar-refractivity contribution >= 4 is 0 Å². The Bertz CT molecular complexity index is 447. The van der Waals surface area contributed by atoms with Crippen LogP contribution in [0.2, 0.25) is 0 Å². The fourth-order valence-corrected chi connectivity index (χ4v) is 4.38. The summed E-state index contributed by atoms with van der Waals surface area (Å²) in [7, 11) is 0. The number of rotatable bonds is 2. The van der Waals surface area contributed by atoms with Crippen molar-refractivity contribution in [1.82, 2.24) is 0 Å². The lowest BCUT2D eigenvalue weighted by molar-refractivity contribution is 0.0832.